The van der Waals surface area contributed by atoms with Crippen molar-refractivity contribution < 1.29 is 8.42 Å². The molecule has 1 fully saturated rings. The standard InChI is InChI=1S/C18H29NO2S/c1-18(2,3)15-11-9-14(10-12-15)17(13-19)22(20,21)16-7-5-4-6-8-16/h4-8,14-15,17H,9-13,19H2,1-3H3. The van der Waals surface area contributed by atoms with Gasteiger partial charge >= 0.3 is 0 Å². The van der Waals surface area contributed by atoms with Gasteiger partial charge in [-0.3, -0.25) is 0 Å². The van der Waals surface area contributed by atoms with Crippen LogP contribution in [0, 0.1) is 17.3 Å². The van der Waals surface area contributed by atoms with Crippen molar-refractivity contribution in [1.29, 1.82) is 0 Å². The van der Waals surface area contributed by atoms with Gasteiger partial charge in [-0.25, -0.2) is 8.42 Å². The lowest BCUT2D eigenvalue weighted by Gasteiger charge is -2.39. The largest absolute Gasteiger partial charge is 0.329 e. The quantitative estimate of drug-likeness (QED) is 0.920. The van der Waals surface area contributed by atoms with E-state index in [1.54, 1.807) is 24.3 Å². The second-order valence-corrected chi connectivity index (χ2v) is 9.78. The van der Waals surface area contributed by atoms with E-state index in [2.05, 4.69) is 20.8 Å². The molecule has 0 amide bonds. The molecule has 2 rings (SSSR count). The highest BCUT2D eigenvalue weighted by Gasteiger charge is 2.38. The molecule has 4 heteroatoms. The van der Waals surface area contributed by atoms with Gasteiger partial charge in [0.05, 0.1) is 10.1 Å². The highest BCUT2D eigenvalue weighted by molar-refractivity contribution is 7.92. The van der Waals surface area contributed by atoms with Crippen molar-refractivity contribution in [3.8, 4) is 0 Å². The van der Waals surface area contributed by atoms with E-state index in [9.17, 15) is 8.42 Å². The van der Waals surface area contributed by atoms with E-state index < -0.39 is 15.1 Å². The third kappa shape index (κ3) is 3.72. The maximum Gasteiger partial charge on any atom is 0.182 e. The Bertz CT molecular complexity index is 567. The predicted molar refractivity (Wildman–Crippen MR) is 91.4 cm³/mol. The van der Waals surface area contributed by atoms with Crippen LogP contribution in [0.25, 0.3) is 0 Å². The minimum absolute atomic E-state index is 0.189. The van der Waals surface area contributed by atoms with Crippen LogP contribution in [0.15, 0.2) is 35.2 Å². The summed E-state index contributed by atoms with van der Waals surface area (Å²) in [7, 11) is -3.33. The highest BCUT2D eigenvalue weighted by Crippen LogP contribution is 2.42. The molecule has 0 bridgehead atoms. The van der Waals surface area contributed by atoms with Crippen molar-refractivity contribution in [2.75, 3.05) is 6.54 Å². The van der Waals surface area contributed by atoms with Crippen molar-refractivity contribution in [3.63, 3.8) is 0 Å². The zero-order valence-electron chi connectivity index (χ0n) is 14.0. The predicted octanol–water partition coefficient (Wildman–Crippen LogP) is 3.64. The van der Waals surface area contributed by atoms with E-state index in [0.29, 0.717) is 16.2 Å². The molecule has 1 aromatic rings. The molecule has 1 aliphatic rings. The molecule has 1 atom stereocenters. The Morgan fingerprint density at radius 2 is 1.64 bits per heavy atom. The first kappa shape index (κ1) is 17.5. The lowest BCUT2D eigenvalue weighted by molar-refractivity contribution is 0.148. The molecule has 2 N–H and O–H groups in total. The Kier molecular flexibility index (Phi) is 5.33. The maximum atomic E-state index is 12.9. The monoisotopic (exact) mass is 323 g/mol. The van der Waals surface area contributed by atoms with Gasteiger partial charge in [0.1, 0.15) is 0 Å². The van der Waals surface area contributed by atoms with Gasteiger partial charge in [0.2, 0.25) is 0 Å². The number of sulfone groups is 1. The molecular formula is C18H29NO2S. The zero-order chi connectivity index (χ0) is 16.4. The SMILES string of the molecule is CC(C)(C)C1CCC(C(CN)S(=O)(=O)c2ccccc2)CC1. The summed E-state index contributed by atoms with van der Waals surface area (Å²) in [6.45, 7) is 7.04. The van der Waals surface area contributed by atoms with Gasteiger partial charge in [-0.2, -0.15) is 0 Å². The molecule has 0 aromatic heterocycles. The summed E-state index contributed by atoms with van der Waals surface area (Å²) in [4.78, 5) is 0.406. The molecule has 1 saturated carbocycles. The molecule has 0 saturated heterocycles. The van der Waals surface area contributed by atoms with Gasteiger partial charge in [-0.05, 0) is 55.1 Å². The fourth-order valence-electron chi connectivity index (χ4n) is 3.71. The van der Waals surface area contributed by atoms with Gasteiger partial charge in [-0.1, -0.05) is 39.0 Å². The first-order valence-electron chi connectivity index (χ1n) is 8.26. The van der Waals surface area contributed by atoms with E-state index in [0.717, 1.165) is 25.7 Å². The molecule has 0 heterocycles. The van der Waals surface area contributed by atoms with Crippen LogP contribution in [0.1, 0.15) is 46.5 Å². The summed E-state index contributed by atoms with van der Waals surface area (Å²) in [5, 5.41) is -0.448. The first-order valence-corrected chi connectivity index (χ1v) is 9.80. The van der Waals surface area contributed by atoms with Crippen LogP contribution in [0.4, 0.5) is 0 Å². The summed E-state index contributed by atoms with van der Waals surface area (Å²) < 4.78 is 25.7. The fraction of sp³-hybridized carbons (Fsp3) is 0.667. The van der Waals surface area contributed by atoms with Crippen LogP contribution in [-0.4, -0.2) is 20.2 Å². The number of benzene rings is 1. The van der Waals surface area contributed by atoms with E-state index in [1.807, 2.05) is 6.07 Å². The topological polar surface area (TPSA) is 60.2 Å². The van der Waals surface area contributed by atoms with Crippen LogP contribution in [-0.2, 0) is 9.84 Å². The molecule has 1 aliphatic carbocycles. The number of rotatable bonds is 4. The Balaban J connectivity index is 2.14. The van der Waals surface area contributed by atoms with Gasteiger partial charge < -0.3 is 5.73 Å². The van der Waals surface area contributed by atoms with Crippen LogP contribution < -0.4 is 5.73 Å². The van der Waals surface area contributed by atoms with E-state index in [1.165, 1.54) is 0 Å². The number of hydrogen-bond acceptors (Lipinski definition) is 3. The molecule has 22 heavy (non-hydrogen) atoms. The Labute approximate surface area is 135 Å². The molecular weight excluding hydrogens is 294 g/mol. The molecule has 1 unspecified atom stereocenters. The zero-order valence-corrected chi connectivity index (χ0v) is 14.8. The van der Waals surface area contributed by atoms with Crippen molar-refractivity contribution in [3.05, 3.63) is 30.3 Å². The van der Waals surface area contributed by atoms with Gasteiger partial charge in [0.25, 0.3) is 0 Å². The lowest BCUT2D eigenvalue weighted by Crippen LogP contribution is -2.39. The fourth-order valence-corrected chi connectivity index (χ4v) is 5.63. The molecule has 1 aromatic carbocycles. The normalized spacial score (nSPS) is 24.9. The highest BCUT2D eigenvalue weighted by atomic mass is 32.2. The molecule has 0 aliphatic heterocycles. The smallest absolute Gasteiger partial charge is 0.182 e. The van der Waals surface area contributed by atoms with Crippen LogP contribution in [0.2, 0.25) is 0 Å². The molecule has 0 spiro atoms. The Morgan fingerprint density at radius 1 is 1.09 bits per heavy atom. The lowest BCUT2D eigenvalue weighted by atomic mass is 9.69. The van der Waals surface area contributed by atoms with Crippen molar-refractivity contribution in [2.24, 2.45) is 23.0 Å². The van der Waals surface area contributed by atoms with Crippen LogP contribution in [0.3, 0.4) is 0 Å². The molecule has 124 valence electrons. The minimum Gasteiger partial charge on any atom is -0.329 e. The van der Waals surface area contributed by atoms with Gasteiger partial charge in [0, 0.05) is 6.54 Å². The summed E-state index contributed by atoms with van der Waals surface area (Å²) in [5.41, 5.74) is 6.18. The van der Waals surface area contributed by atoms with Gasteiger partial charge in [-0.15, -0.1) is 0 Å². The second kappa shape index (κ2) is 6.71. The molecule has 3 nitrogen and oxygen atoms in total. The number of nitrogens with two attached hydrogens (primary N) is 1. The number of hydrogen-bond donors (Lipinski definition) is 1. The third-order valence-corrected chi connectivity index (χ3v) is 7.53. The first-order chi connectivity index (χ1) is 10.3. The average molecular weight is 324 g/mol. The van der Waals surface area contributed by atoms with Crippen LogP contribution >= 0.6 is 0 Å². The van der Waals surface area contributed by atoms with Crippen LogP contribution in [0.5, 0.6) is 0 Å². The van der Waals surface area contributed by atoms with Gasteiger partial charge in [0.15, 0.2) is 9.84 Å². The Hall–Kier alpha value is -0.870. The van der Waals surface area contributed by atoms with E-state index >= 15 is 0 Å². The maximum absolute atomic E-state index is 12.9. The van der Waals surface area contributed by atoms with Crippen molar-refractivity contribution in [1.82, 2.24) is 0 Å². The Morgan fingerprint density at radius 3 is 2.09 bits per heavy atom. The summed E-state index contributed by atoms with van der Waals surface area (Å²) in [6, 6.07) is 8.75. The average Bonchev–Trinajstić information content (AvgIpc) is 2.48. The summed E-state index contributed by atoms with van der Waals surface area (Å²) in [5.74, 6) is 0.871. The van der Waals surface area contributed by atoms with E-state index in [-0.39, 0.29) is 12.5 Å². The summed E-state index contributed by atoms with van der Waals surface area (Å²) >= 11 is 0. The van der Waals surface area contributed by atoms with Crippen molar-refractivity contribution >= 4 is 9.84 Å². The van der Waals surface area contributed by atoms with E-state index in [4.69, 9.17) is 5.73 Å². The third-order valence-electron chi connectivity index (χ3n) is 5.22. The minimum atomic E-state index is -3.33. The van der Waals surface area contributed by atoms with Crippen molar-refractivity contribution in [2.45, 2.75) is 56.6 Å². The summed E-state index contributed by atoms with van der Waals surface area (Å²) in [6.07, 6.45) is 4.15. The molecule has 0 radical (unpaired) electrons. The second-order valence-electron chi connectivity index (χ2n) is 7.61.